The number of fused-ring (bicyclic) bond motifs is 1. The summed E-state index contributed by atoms with van der Waals surface area (Å²) < 4.78 is 16.6. The number of nitrogens with one attached hydrogen (secondary N) is 1. The van der Waals surface area contributed by atoms with Crippen LogP contribution in [0.1, 0.15) is 40.0 Å². The Morgan fingerprint density at radius 2 is 1.77 bits per heavy atom. The number of rotatable bonds is 8. The Kier molecular flexibility index (Phi) is 7.83. The Morgan fingerprint density at radius 1 is 1.03 bits per heavy atom. The van der Waals surface area contributed by atoms with Gasteiger partial charge < -0.3 is 19.5 Å². The van der Waals surface area contributed by atoms with Crippen molar-refractivity contribution in [2.24, 2.45) is 0 Å². The van der Waals surface area contributed by atoms with E-state index in [4.69, 9.17) is 25.8 Å². The van der Waals surface area contributed by atoms with Crippen LogP contribution in [0.25, 0.3) is 0 Å². The number of hydrogen-bond donors (Lipinski definition) is 1. The van der Waals surface area contributed by atoms with Crippen molar-refractivity contribution in [3.05, 3.63) is 87.9 Å². The van der Waals surface area contributed by atoms with Crippen LogP contribution in [0.5, 0.6) is 17.2 Å². The summed E-state index contributed by atoms with van der Waals surface area (Å²) in [5.74, 6) is 2.00. The first-order chi connectivity index (χ1) is 16.9. The van der Waals surface area contributed by atoms with Gasteiger partial charge in [0.05, 0.1) is 38.0 Å². The summed E-state index contributed by atoms with van der Waals surface area (Å²) in [6, 6.07) is 19.0. The van der Waals surface area contributed by atoms with Crippen LogP contribution >= 0.6 is 11.6 Å². The molecule has 6 nitrogen and oxygen atoms in total. The fourth-order valence-corrected chi connectivity index (χ4v) is 5.03. The van der Waals surface area contributed by atoms with Gasteiger partial charge in [-0.3, -0.25) is 9.69 Å². The number of ether oxygens (including phenoxy) is 3. The van der Waals surface area contributed by atoms with Crippen molar-refractivity contribution in [1.29, 1.82) is 0 Å². The van der Waals surface area contributed by atoms with E-state index in [2.05, 4.69) is 16.3 Å². The summed E-state index contributed by atoms with van der Waals surface area (Å²) in [6.45, 7) is 3.57. The molecule has 1 aliphatic heterocycles. The Labute approximate surface area is 211 Å². The van der Waals surface area contributed by atoms with E-state index in [-0.39, 0.29) is 18.0 Å². The monoisotopic (exact) mass is 494 g/mol. The van der Waals surface area contributed by atoms with Crippen LogP contribution in [-0.4, -0.2) is 44.7 Å². The molecule has 1 heterocycles. The average Bonchev–Trinajstić information content (AvgIpc) is 2.87. The molecular weight excluding hydrogens is 464 g/mol. The number of carbonyl (C=O) groups is 1. The predicted molar refractivity (Wildman–Crippen MR) is 138 cm³/mol. The molecule has 3 aromatic carbocycles. The number of carbonyl (C=O) groups excluding carboxylic acids is 1. The summed E-state index contributed by atoms with van der Waals surface area (Å²) in [5.41, 5.74) is 3.91. The van der Waals surface area contributed by atoms with Gasteiger partial charge in [0.2, 0.25) is 0 Å². The van der Waals surface area contributed by atoms with Crippen molar-refractivity contribution in [2.45, 2.75) is 32.0 Å². The van der Waals surface area contributed by atoms with Gasteiger partial charge in [0.25, 0.3) is 5.91 Å². The van der Waals surface area contributed by atoms with Gasteiger partial charge >= 0.3 is 0 Å². The molecule has 0 radical (unpaired) electrons. The number of benzene rings is 3. The van der Waals surface area contributed by atoms with Crippen LogP contribution in [0.4, 0.5) is 0 Å². The highest BCUT2D eigenvalue weighted by atomic mass is 35.5. The van der Waals surface area contributed by atoms with Crippen molar-refractivity contribution in [3.63, 3.8) is 0 Å². The van der Waals surface area contributed by atoms with Crippen LogP contribution < -0.4 is 19.5 Å². The van der Waals surface area contributed by atoms with Crippen LogP contribution in [0.3, 0.4) is 0 Å². The standard InChI is InChI=1S/C28H31ClN2O4/c1-18(30-28(32)22-10-5-6-11-24(22)29)27-23-16-26(35-4)25(34-3)15-20(23)12-13-31(27)17-19-8-7-9-21(14-19)33-2/h5-11,14-16,18,27H,12-13,17H2,1-4H3,(H,30,32)/t18-,27+/m0/s1. The Bertz CT molecular complexity index is 1200. The molecule has 0 aromatic heterocycles. The maximum Gasteiger partial charge on any atom is 0.253 e. The highest BCUT2D eigenvalue weighted by Crippen LogP contribution is 2.40. The quantitative estimate of drug-likeness (QED) is 0.461. The van der Waals surface area contributed by atoms with Gasteiger partial charge in [-0.05, 0) is 66.4 Å². The van der Waals surface area contributed by atoms with E-state index in [1.165, 1.54) is 5.56 Å². The molecule has 0 bridgehead atoms. The van der Waals surface area contributed by atoms with Crippen LogP contribution in [0.2, 0.25) is 5.02 Å². The normalized spacial score (nSPS) is 16.2. The molecule has 0 unspecified atom stereocenters. The minimum atomic E-state index is -0.207. The Balaban J connectivity index is 1.70. The van der Waals surface area contributed by atoms with Crippen LogP contribution in [-0.2, 0) is 13.0 Å². The van der Waals surface area contributed by atoms with Gasteiger partial charge in [0, 0.05) is 19.1 Å². The fourth-order valence-electron chi connectivity index (χ4n) is 4.81. The molecule has 7 heteroatoms. The zero-order chi connectivity index (χ0) is 24.9. The molecule has 1 amide bonds. The molecule has 3 aromatic rings. The molecule has 0 spiro atoms. The first-order valence-corrected chi connectivity index (χ1v) is 12.0. The zero-order valence-electron chi connectivity index (χ0n) is 20.5. The summed E-state index contributed by atoms with van der Waals surface area (Å²) in [5, 5.41) is 3.62. The molecule has 1 aliphatic rings. The molecule has 0 saturated heterocycles. The largest absolute Gasteiger partial charge is 0.497 e. The number of hydrogen-bond acceptors (Lipinski definition) is 5. The Hall–Kier alpha value is -3.22. The third-order valence-corrected chi connectivity index (χ3v) is 6.83. The third kappa shape index (κ3) is 5.39. The molecule has 35 heavy (non-hydrogen) atoms. The molecule has 184 valence electrons. The molecule has 0 aliphatic carbocycles. The highest BCUT2D eigenvalue weighted by molar-refractivity contribution is 6.33. The van der Waals surface area contributed by atoms with E-state index < -0.39 is 0 Å². The smallest absolute Gasteiger partial charge is 0.253 e. The predicted octanol–water partition coefficient (Wildman–Crippen LogP) is 5.28. The third-order valence-electron chi connectivity index (χ3n) is 6.50. The first-order valence-electron chi connectivity index (χ1n) is 11.6. The second kappa shape index (κ2) is 11.0. The minimum Gasteiger partial charge on any atom is -0.497 e. The van der Waals surface area contributed by atoms with Gasteiger partial charge in [-0.25, -0.2) is 0 Å². The second-order valence-electron chi connectivity index (χ2n) is 8.66. The van der Waals surface area contributed by atoms with Crippen molar-refractivity contribution >= 4 is 17.5 Å². The van der Waals surface area contributed by atoms with Crippen LogP contribution in [0.15, 0.2) is 60.7 Å². The van der Waals surface area contributed by atoms with Crippen molar-refractivity contribution in [1.82, 2.24) is 10.2 Å². The first kappa shape index (κ1) is 24.9. The van der Waals surface area contributed by atoms with E-state index in [0.717, 1.165) is 29.8 Å². The molecular formula is C28H31ClN2O4. The Morgan fingerprint density at radius 3 is 2.49 bits per heavy atom. The lowest BCUT2D eigenvalue weighted by Gasteiger charge is -2.41. The summed E-state index contributed by atoms with van der Waals surface area (Å²) >= 11 is 6.29. The SMILES string of the molecule is COc1cccc(CN2CCc3cc(OC)c(OC)cc3[C@H]2[C@H](C)NC(=O)c2ccccc2Cl)c1. The number of methoxy groups -OCH3 is 3. The summed E-state index contributed by atoms with van der Waals surface area (Å²) in [6.07, 6.45) is 0.862. The van der Waals surface area contributed by atoms with Crippen LogP contribution in [0, 0.1) is 0 Å². The van der Waals surface area contributed by atoms with Gasteiger partial charge in [0.15, 0.2) is 11.5 Å². The number of halogens is 1. The maximum atomic E-state index is 13.1. The lowest BCUT2D eigenvalue weighted by atomic mass is 9.87. The van der Waals surface area contributed by atoms with Crippen molar-refractivity contribution < 1.29 is 19.0 Å². The fraction of sp³-hybridized carbons (Fsp3) is 0.321. The van der Waals surface area contributed by atoms with E-state index in [9.17, 15) is 4.79 Å². The molecule has 2 atom stereocenters. The topological polar surface area (TPSA) is 60.0 Å². The highest BCUT2D eigenvalue weighted by Gasteiger charge is 2.34. The second-order valence-corrected chi connectivity index (χ2v) is 9.07. The van der Waals surface area contributed by atoms with E-state index in [1.54, 1.807) is 33.5 Å². The molecule has 0 saturated carbocycles. The van der Waals surface area contributed by atoms with Gasteiger partial charge in [-0.2, -0.15) is 0 Å². The maximum absolute atomic E-state index is 13.1. The zero-order valence-corrected chi connectivity index (χ0v) is 21.3. The van der Waals surface area contributed by atoms with Crippen molar-refractivity contribution in [3.8, 4) is 17.2 Å². The lowest BCUT2D eigenvalue weighted by Crippen LogP contribution is -2.47. The summed E-state index contributed by atoms with van der Waals surface area (Å²) in [7, 11) is 4.95. The molecule has 0 fully saturated rings. The minimum absolute atomic E-state index is 0.0869. The average molecular weight is 495 g/mol. The van der Waals surface area contributed by atoms with E-state index >= 15 is 0 Å². The van der Waals surface area contributed by atoms with Gasteiger partial charge in [-0.1, -0.05) is 35.9 Å². The van der Waals surface area contributed by atoms with Gasteiger partial charge in [0.1, 0.15) is 5.75 Å². The number of nitrogens with zero attached hydrogens (tertiary/aromatic N) is 1. The molecule has 4 rings (SSSR count). The van der Waals surface area contributed by atoms with Gasteiger partial charge in [-0.15, -0.1) is 0 Å². The summed E-state index contributed by atoms with van der Waals surface area (Å²) in [4.78, 5) is 15.5. The lowest BCUT2D eigenvalue weighted by molar-refractivity contribution is 0.0877. The van der Waals surface area contributed by atoms with E-state index in [1.807, 2.05) is 49.4 Å². The van der Waals surface area contributed by atoms with Crippen molar-refractivity contribution in [2.75, 3.05) is 27.9 Å². The molecule has 1 N–H and O–H groups in total. The number of amides is 1. The van der Waals surface area contributed by atoms with E-state index in [0.29, 0.717) is 28.6 Å².